The number of amides is 1. The summed E-state index contributed by atoms with van der Waals surface area (Å²) in [5, 5.41) is 2.81. The minimum Gasteiger partial charge on any atom is -0.498 e. The molecule has 0 saturated carbocycles. The van der Waals surface area contributed by atoms with Gasteiger partial charge < -0.3 is 10.1 Å². The van der Waals surface area contributed by atoms with Gasteiger partial charge in [0.05, 0.1) is 12.2 Å². The number of ether oxygens (including phenoxy) is 1. The van der Waals surface area contributed by atoms with E-state index >= 15 is 0 Å². The van der Waals surface area contributed by atoms with Gasteiger partial charge in [0.25, 0.3) is 5.91 Å². The van der Waals surface area contributed by atoms with E-state index in [1.54, 1.807) is 0 Å². The highest BCUT2D eigenvalue weighted by atomic mass is 16.5. The van der Waals surface area contributed by atoms with Gasteiger partial charge in [-0.2, -0.15) is 0 Å². The quantitative estimate of drug-likeness (QED) is 0.592. The van der Waals surface area contributed by atoms with Gasteiger partial charge in [0.2, 0.25) is 0 Å². The molecule has 0 saturated heterocycles. The Balaban J connectivity index is 2.50. The number of rotatable bonds is 2. The topological polar surface area (TPSA) is 38.3 Å². The summed E-state index contributed by atoms with van der Waals surface area (Å²) in [5.74, 6) is 0.599. The standard InChI is InChI=1S/C12H13NO2/c1-3-15-8(2)11-9-6-4-5-7-10(9)13-12(11)14/h4-7H,3H2,1-2H3,(H,13,14). The zero-order chi connectivity index (χ0) is 10.8. The van der Waals surface area contributed by atoms with Crippen LogP contribution in [0.2, 0.25) is 0 Å². The van der Waals surface area contributed by atoms with Gasteiger partial charge in [0, 0.05) is 11.3 Å². The summed E-state index contributed by atoms with van der Waals surface area (Å²) >= 11 is 0. The Bertz CT molecular complexity index is 435. The molecule has 0 spiro atoms. The molecule has 1 aromatic carbocycles. The molecule has 1 aromatic rings. The molecule has 3 nitrogen and oxygen atoms in total. The predicted octanol–water partition coefficient (Wildman–Crippen LogP) is 2.41. The van der Waals surface area contributed by atoms with Crippen molar-refractivity contribution in [1.29, 1.82) is 0 Å². The molecule has 1 N–H and O–H groups in total. The molecule has 0 fully saturated rings. The first-order chi connectivity index (χ1) is 7.24. The third-order valence-corrected chi connectivity index (χ3v) is 2.38. The third-order valence-electron chi connectivity index (χ3n) is 2.38. The number of nitrogens with one attached hydrogen (secondary N) is 1. The fourth-order valence-electron chi connectivity index (χ4n) is 1.76. The molecule has 1 aliphatic heterocycles. The van der Waals surface area contributed by atoms with E-state index in [1.807, 2.05) is 38.1 Å². The number of carbonyl (C=O) groups excluding carboxylic acids is 1. The zero-order valence-corrected chi connectivity index (χ0v) is 8.83. The molecule has 1 amide bonds. The first-order valence-electron chi connectivity index (χ1n) is 4.98. The fourth-order valence-corrected chi connectivity index (χ4v) is 1.76. The monoisotopic (exact) mass is 203 g/mol. The average molecular weight is 203 g/mol. The Kier molecular flexibility index (Phi) is 2.46. The summed E-state index contributed by atoms with van der Waals surface area (Å²) in [6.07, 6.45) is 0. The van der Waals surface area contributed by atoms with Gasteiger partial charge in [-0.05, 0) is 19.9 Å². The number of fused-ring (bicyclic) bond motifs is 1. The molecular weight excluding hydrogens is 190 g/mol. The first-order valence-corrected chi connectivity index (χ1v) is 4.98. The van der Waals surface area contributed by atoms with Crippen LogP contribution in [-0.4, -0.2) is 12.5 Å². The van der Waals surface area contributed by atoms with E-state index in [1.165, 1.54) is 0 Å². The summed E-state index contributed by atoms with van der Waals surface area (Å²) in [4.78, 5) is 11.7. The van der Waals surface area contributed by atoms with Crippen LogP contribution in [-0.2, 0) is 9.53 Å². The maximum absolute atomic E-state index is 11.7. The number of anilines is 1. The second-order valence-corrected chi connectivity index (χ2v) is 3.36. The van der Waals surface area contributed by atoms with Crippen LogP contribution in [0, 0.1) is 0 Å². The third kappa shape index (κ3) is 1.61. The molecule has 78 valence electrons. The second kappa shape index (κ2) is 3.77. The lowest BCUT2D eigenvalue weighted by atomic mass is 10.1. The predicted molar refractivity (Wildman–Crippen MR) is 59.3 cm³/mol. The SMILES string of the molecule is CCOC(C)=C1C(=O)Nc2ccccc21. The largest absolute Gasteiger partial charge is 0.498 e. The summed E-state index contributed by atoms with van der Waals surface area (Å²) in [6, 6.07) is 7.63. The molecule has 0 aromatic heterocycles. The molecule has 0 aliphatic carbocycles. The van der Waals surface area contributed by atoms with Crippen LogP contribution in [0.5, 0.6) is 0 Å². The number of benzene rings is 1. The smallest absolute Gasteiger partial charge is 0.259 e. The van der Waals surface area contributed by atoms with Crippen LogP contribution in [0.4, 0.5) is 5.69 Å². The van der Waals surface area contributed by atoms with E-state index in [0.29, 0.717) is 17.9 Å². The van der Waals surface area contributed by atoms with Gasteiger partial charge in [0.1, 0.15) is 5.76 Å². The van der Waals surface area contributed by atoms with Crippen LogP contribution in [0.25, 0.3) is 5.57 Å². The van der Waals surface area contributed by atoms with Gasteiger partial charge in [-0.1, -0.05) is 18.2 Å². The molecule has 0 unspecified atom stereocenters. The van der Waals surface area contributed by atoms with Crippen molar-refractivity contribution in [2.75, 3.05) is 11.9 Å². The first kappa shape index (κ1) is 9.77. The summed E-state index contributed by atoms with van der Waals surface area (Å²) in [6.45, 7) is 4.30. The maximum atomic E-state index is 11.7. The Labute approximate surface area is 88.8 Å². The molecule has 0 radical (unpaired) electrons. The number of para-hydroxylation sites is 1. The van der Waals surface area contributed by atoms with Crippen molar-refractivity contribution in [1.82, 2.24) is 0 Å². The lowest BCUT2D eigenvalue weighted by molar-refractivity contribution is -0.110. The highest BCUT2D eigenvalue weighted by Crippen LogP contribution is 2.33. The number of allylic oxidation sites excluding steroid dienone is 1. The normalized spacial score (nSPS) is 17.1. The van der Waals surface area contributed by atoms with Crippen LogP contribution in [0.15, 0.2) is 30.0 Å². The van der Waals surface area contributed by atoms with Crippen LogP contribution in [0.3, 0.4) is 0 Å². The lowest BCUT2D eigenvalue weighted by Crippen LogP contribution is -2.06. The maximum Gasteiger partial charge on any atom is 0.259 e. The van der Waals surface area contributed by atoms with Crippen LogP contribution >= 0.6 is 0 Å². The molecular formula is C12H13NO2. The minimum atomic E-state index is -0.0813. The van der Waals surface area contributed by atoms with E-state index in [-0.39, 0.29) is 5.91 Å². The molecule has 3 heteroatoms. The van der Waals surface area contributed by atoms with E-state index < -0.39 is 0 Å². The summed E-state index contributed by atoms with van der Waals surface area (Å²) < 4.78 is 5.37. The van der Waals surface area contributed by atoms with Gasteiger partial charge in [-0.25, -0.2) is 0 Å². The highest BCUT2D eigenvalue weighted by Gasteiger charge is 2.26. The molecule has 2 rings (SSSR count). The Morgan fingerprint density at radius 3 is 2.87 bits per heavy atom. The van der Waals surface area contributed by atoms with Crippen molar-refractivity contribution in [3.8, 4) is 0 Å². The van der Waals surface area contributed by atoms with Crippen molar-refractivity contribution in [2.45, 2.75) is 13.8 Å². The van der Waals surface area contributed by atoms with Crippen molar-refractivity contribution in [3.05, 3.63) is 35.6 Å². The number of hydrogen-bond donors (Lipinski definition) is 1. The molecule has 15 heavy (non-hydrogen) atoms. The van der Waals surface area contributed by atoms with E-state index in [2.05, 4.69) is 5.32 Å². The van der Waals surface area contributed by atoms with Gasteiger partial charge >= 0.3 is 0 Å². The molecule has 0 bridgehead atoms. The minimum absolute atomic E-state index is 0.0813. The zero-order valence-electron chi connectivity index (χ0n) is 8.83. The van der Waals surface area contributed by atoms with E-state index in [9.17, 15) is 4.79 Å². The van der Waals surface area contributed by atoms with Crippen LogP contribution < -0.4 is 5.32 Å². The Hall–Kier alpha value is -1.77. The number of hydrogen-bond acceptors (Lipinski definition) is 2. The molecule has 0 atom stereocenters. The average Bonchev–Trinajstić information content (AvgIpc) is 2.54. The van der Waals surface area contributed by atoms with Gasteiger partial charge in [-0.3, -0.25) is 4.79 Å². The lowest BCUT2D eigenvalue weighted by Gasteiger charge is -2.05. The van der Waals surface area contributed by atoms with E-state index in [4.69, 9.17) is 4.74 Å². The Morgan fingerprint density at radius 1 is 1.40 bits per heavy atom. The Morgan fingerprint density at radius 2 is 2.13 bits per heavy atom. The molecule has 1 heterocycles. The summed E-state index contributed by atoms with van der Waals surface area (Å²) in [7, 11) is 0. The fraction of sp³-hybridized carbons (Fsp3) is 0.250. The van der Waals surface area contributed by atoms with Crippen molar-refractivity contribution >= 4 is 17.2 Å². The van der Waals surface area contributed by atoms with Crippen molar-refractivity contribution < 1.29 is 9.53 Å². The van der Waals surface area contributed by atoms with E-state index in [0.717, 1.165) is 11.3 Å². The molecule has 1 aliphatic rings. The van der Waals surface area contributed by atoms with Gasteiger partial charge in [-0.15, -0.1) is 0 Å². The van der Waals surface area contributed by atoms with Crippen LogP contribution in [0.1, 0.15) is 19.4 Å². The summed E-state index contributed by atoms with van der Waals surface area (Å²) in [5.41, 5.74) is 2.43. The highest BCUT2D eigenvalue weighted by molar-refractivity contribution is 6.31. The number of carbonyl (C=O) groups is 1. The van der Waals surface area contributed by atoms with Crippen molar-refractivity contribution in [2.24, 2.45) is 0 Å². The van der Waals surface area contributed by atoms with Gasteiger partial charge in [0.15, 0.2) is 0 Å². The van der Waals surface area contributed by atoms with Crippen molar-refractivity contribution in [3.63, 3.8) is 0 Å². The second-order valence-electron chi connectivity index (χ2n) is 3.36.